The Kier molecular flexibility index (Phi) is 7.05. The van der Waals surface area contributed by atoms with Crippen LogP contribution in [0.3, 0.4) is 0 Å². The van der Waals surface area contributed by atoms with Gasteiger partial charge >= 0.3 is 0 Å². The molecule has 1 saturated heterocycles. The highest BCUT2D eigenvalue weighted by atomic mass is 35.5. The summed E-state index contributed by atoms with van der Waals surface area (Å²) in [6.07, 6.45) is 2.58. The minimum Gasteiger partial charge on any atom is -0.316 e. The summed E-state index contributed by atoms with van der Waals surface area (Å²) in [5, 5.41) is 5.95. The van der Waals surface area contributed by atoms with Gasteiger partial charge in [0.05, 0.1) is 5.92 Å². The van der Waals surface area contributed by atoms with Gasteiger partial charge in [-0.1, -0.05) is 6.07 Å². The van der Waals surface area contributed by atoms with Crippen molar-refractivity contribution in [3.63, 3.8) is 0 Å². The summed E-state index contributed by atoms with van der Waals surface area (Å²) in [7, 11) is 0. The molecule has 1 aromatic heterocycles. The van der Waals surface area contributed by atoms with Crippen molar-refractivity contribution in [3.8, 4) is 0 Å². The van der Waals surface area contributed by atoms with Crippen LogP contribution in [0.4, 0.5) is 5.82 Å². The average molecular weight is 264 g/mol. The quantitative estimate of drug-likeness (QED) is 0.850. The van der Waals surface area contributed by atoms with Crippen molar-refractivity contribution in [2.45, 2.75) is 6.42 Å². The molecule has 1 atom stereocenters. The normalized spacial score (nSPS) is 18.1. The minimum atomic E-state index is 0. The largest absolute Gasteiger partial charge is 0.316 e. The summed E-state index contributed by atoms with van der Waals surface area (Å²) < 4.78 is 0. The van der Waals surface area contributed by atoms with Crippen molar-refractivity contribution in [2.24, 2.45) is 5.92 Å². The molecule has 2 N–H and O–H groups in total. The monoisotopic (exact) mass is 263 g/mol. The Morgan fingerprint density at radius 3 is 2.81 bits per heavy atom. The van der Waals surface area contributed by atoms with Crippen molar-refractivity contribution in [1.82, 2.24) is 10.3 Å². The summed E-state index contributed by atoms with van der Waals surface area (Å²) in [5.74, 6) is 0.787. The summed E-state index contributed by atoms with van der Waals surface area (Å²) in [5.41, 5.74) is 0. The number of hydrogen-bond donors (Lipinski definition) is 2. The van der Waals surface area contributed by atoms with Gasteiger partial charge in [-0.15, -0.1) is 24.8 Å². The molecular weight excluding hydrogens is 249 g/mol. The summed E-state index contributed by atoms with van der Waals surface area (Å²) in [4.78, 5) is 15.7. The first-order valence-corrected chi connectivity index (χ1v) is 4.79. The molecule has 0 unspecified atom stereocenters. The molecule has 0 aromatic carbocycles. The molecule has 1 amide bonds. The summed E-state index contributed by atoms with van der Waals surface area (Å²) >= 11 is 0. The van der Waals surface area contributed by atoms with Gasteiger partial charge in [-0.25, -0.2) is 4.98 Å². The lowest BCUT2D eigenvalue weighted by atomic mass is 10.1. The van der Waals surface area contributed by atoms with Crippen LogP contribution in [-0.4, -0.2) is 24.0 Å². The molecule has 16 heavy (non-hydrogen) atoms. The fraction of sp³-hybridized carbons (Fsp3) is 0.400. The third-order valence-electron chi connectivity index (χ3n) is 2.35. The van der Waals surface area contributed by atoms with E-state index in [9.17, 15) is 4.79 Å². The van der Waals surface area contributed by atoms with Crippen LogP contribution in [0, 0.1) is 5.92 Å². The maximum atomic E-state index is 11.6. The molecule has 6 heteroatoms. The fourth-order valence-corrected chi connectivity index (χ4v) is 1.54. The molecule has 0 aliphatic carbocycles. The lowest BCUT2D eigenvalue weighted by Crippen LogP contribution is -2.24. The van der Waals surface area contributed by atoms with Crippen LogP contribution in [0.1, 0.15) is 6.42 Å². The van der Waals surface area contributed by atoms with E-state index in [4.69, 9.17) is 0 Å². The van der Waals surface area contributed by atoms with Crippen molar-refractivity contribution in [3.05, 3.63) is 24.4 Å². The minimum absolute atomic E-state index is 0. The Labute approximate surface area is 107 Å². The van der Waals surface area contributed by atoms with Gasteiger partial charge in [0, 0.05) is 12.7 Å². The van der Waals surface area contributed by atoms with E-state index in [2.05, 4.69) is 15.6 Å². The molecule has 1 aliphatic heterocycles. The van der Waals surface area contributed by atoms with Crippen molar-refractivity contribution in [1.29, 1.82) is 0 Å². The van der Waals surface area contributed by atoms with Gasteiger partial charge in [0.25, 0.3) is 0 Å². The molecule has 2 rings (SSSR count). The SMILES string of the molecule is Cl.Cl.O=C(Nc1ccccn1)[C@@H]1CCNC1. The van der Waals surface area contributed by atoms with Crippen LogP contribution in [0.2, 0.25) is 0 Å². The Hall–Kier alpha value is -0.840. The van der Waals surface area contributed by atoms with Gasteiger partial charge in [-0.2, -0.15) is 0 Å². The zero-order valence-corrected chi connectivity index (χ0v) is 10.3. The first-order chi connectivity index (χ1) is 6.86. The zero-order chi connectivity index (χ0) is 9.80. The van der Waals surface area contributed by atoms with Crippen molar-refractivity contribution >= 4 is 36.5 Å². The number of rotatable bonds is 2. The zero-order valence-electron chi connectivity index (χ0n) is 8.68. The van der Waals surface area contributed by atoms with E-state index in [1.54, 1.807) is 12.3 Å². The van der Waals surface area contributed by atoms with Crippen LogP contribution >= 0.6 is 24.8 Å². The number of amides is 1. The number of hydrogen-bond acceptors (Lipinski definition) is 3. The molecule has 0 saturated carbocycles. The van der Waals surface area contributed by atoms with Gasteiger partial charge in [-0.3, -0.25) is 4.79 Å². The molecule has 90 valence electrons. The van der Waals surface area contributed by atoms with Gasteiger partial charge in [0.15, 0.2) is 0 Å². The molecule has 1 fully saturated rings. The van der Waals surface area contributed by atoms with E-state index in [0.717, 1.165) is 19.5 Å². The van der Waals surface area contributed by atoms with E-state index in [1.807, 2.05) is 12.1 Å². The molecule has 0 spiro atoms. The molecular formula is C10H15Cl2N3O. The van der Waals surface area contributed by atoms with E-state index < -0.39 is 0 Å². The van der Waals surface area contributed by atoms with Crippen LogP contribution in [0.5, 0.6) is 0 Å². The Morgan fingerprint density at radius 1 is 1.44 bits per heavy atom. The number of halogens is 2. The Bertz CT molecular complexity index is 315. The molecule has 1 aliphatic rings. The molecule has 0 bridgehead atoms. The lowest BCUT2D eigenvalue weighted by molar-refractivity contribution is -0.119. The van der Waals surface area contributed by atoms with Gasteiger partial charge in [-0.05, 0) is 25.1 Å². The fourth-order valence-electron chi connectivity index (χ4n) is 1.54. The highest BCUT2D eigenvalue weighted by Gasteiger charge is 2.22. The molecule has 1 aromatic rings. The average Bonchev–Trinajstić information content (AvgIpc) is 2.72. The summed E-state index contributed by atoms with van der Waals surface area (Å²) in [6, 6.07) is 5.47. The Balaban J connectivity index is 0.00000112. The first kappa shape index (κ1) is 15.2. The second kappa shape index (κ2) is 7.44. The van der Waals surface area contributed by atoms with E-state index >= 15 is 0 Å². The number of carbonyl (C=O) groups excluding carboxylic acids is 1. The lowest BCUT2D eigenvalue weighted by Gasteiger charge is -2.08. The van der Waals surface area contributed by atoms with Gasteiger partial charge in [0.2, 0.25) is 5.91 Å². The predicted octanol–water partition coefficient (Wildman–Crippen LogP) is 1.47. The number of nitrogens with zero attached hydrogens (tertiary/aromatic N) is 1. The number of pyridine rings is 1. The molecule has 2 heterocycles. The number of nitrogens with one attached hydrogen (secondary N) is 2. The highest BCUT2D eigenvalue weighted by molar-refractivity contribution is 5.91. The predicted molar refractivity (Wildman–Crippen MR) is 68.3 cm³/mol. The first-order valence-electron chi connectivity index (χ1n) is 4.79. The van der Waals surface area contributed by atoms with Crippen LogP contribution in [-0.2, 0) is 4.79 Å². The number of aromatic nitrogens is 1. The van der Waals surface area contributed by atoms with Crippen LogP contribution in [0.15, 0.2) is 24.4 Å². The third kappa shape index (κ3) is 3.96. The number of anilines is 1. The number of carbonyl (C=O) groups is 1. The van der Waals surface area contributed by atoms with Crippen LogP contribution < -0.4 is 10.6 Å². The maximum Gasteiger partial charge on any atom is 0.229 e. The van der Waals surface area contributed by atoms with Gasteiger partial charge < -0.3 is 10.6 Å². The topological polar surface area (TPSA) is 54.0 Å². The van der Waals surface area contributed by atoms with Gasteiger partial charge in [0.1, 0.15) is 5.82 Å². The highest BCUT2D eigenvalue weighted by Crippen LogP contribution is 2.10. The second-order valence-electron chi connectivity index (χ2n) is 3.39. The Morgan fingerprint density at radius 2 is 2.25 bits per heavy atom. The van der Waals surface area contributed by atoms with Crippen LogP contribution in [0.25, 0.3) is 0 Å². The smallest absolute Gasteiger partial charge is 0.229 e. The maximum absolute atomic E-state index is 11.6. The van der Waals surface area contributed by atoms with E-state index in [1.165, 1.54) is 0 Å². The molecule has 0 radical (unpaired) electrons. The third-order valence-corrected chi connectivity index (χ3v) is 2.35. The van der Waals surface area contributed by atoms with E-state index in [0.29, 0.717) is 5.82 Å². The summed E-state index contributed by atoms with van der Waals surface area (Å²) in [6.45, 7) is 1.71. The molecule has 4 nitrogen and oxygen atoms in total. The second-order valence-corrected chi connectivity index (χ2v) is 3.39. The van der Waals surface area contributed by atoms with Crippen molar-refractivity contribution in [2.75, 3.05) is 18.4 Å². The van der Waals surface area contributed by atoms with Crippen molar-refractivity contribution < 1.29 is 4.79 Å². The van der Waals surface area contributed by atoms with E-state index in [-0.39, 0.29) is 36.6 Å². The standard InChI is InChI=1S/C10H13N3O.2ClH/c14-10(8-4-6-11-7-8)13-9-3-1-2-5-12-9;;/h1-3,5,8,11H,4,6-7H2,(H,12,13,14);2*1H/t8-;;/m1../s1.